The molecule has 0 aromatic heterocycles. The van der Waals surface area contributed by atoms with E-state index in [4.69, 9.17) is 4.74 Å². The van der Waals surface area contributed by atoms with Crippen molar-refractivity contribution in [2.75, 3.05) is 19.7 Å². The van der Waals surface area contributed by atoms with Crippen molar-refractivity contribution < 1.29 is 17.5 Å². The van der Waals surface area contributed by atoms with Gasteiger partial charge in [0.25, 0.3) is 0 Å². The molecule has 2 aromatic rings. The first-order valence-corrected chi connectivity index (χ1v) is 13.5. The molecule has 5 rings (SSSR count). The summed E-state index contributed by atoms with van der Waals surface area (Å²) in [5, 5.41) is -0.504. The minimum atomic E-state index is -3.44. The second-order valence-electron chi connectivity index (χ2n) is 10.2. The smallest absolute Gasteiger partial charge is 0.214 e. The fourth-order valence-corrected chi connectivity index (χ4v) is 6.36. The number of rotatable bonds is 8. The number of hydrogen-bond donors (Lipinski definition) is 1. The molecular weight excluding hydrogens is 439 g/mol. The summed E-state index contributed by atoms with van der Waals surface area (Å²) in [4.78, 5) is 2.36. The average Bonchev–Trinajstić information content (AvgIpc) is 3.49. The minimum absolute atomic E-state index is 0.0517. The molecule has 3 atom stereocenters. The molecule has 3 fully saturated rings. The lowest BCUT2D eigenvalue weighted by atomic mass is 9.91. The molecule has 1 aliphatic carbocycles. The molecule has 7 heteroatoms. The maximum absolute atomic E-state index is 15.7. The average molecular weight is 473 g/mol. The van der Waals surface area contributed by atoms with E-state index in [1.165, 1.54) is 0 Å². The second kappa shape index (κ2) is 8.77. The van der Waals surface area contributed by atoms with Gasteiger partial charge in [-0.1, -0.05) is 48.5 Å². The lowest BCUT2D eigenvalue weighted by Crippen LogP contribution is -2.51. The predicted octanol–water partition coefficient (Wildman–Crippen LogP) is 3.98. The van der Waals surface area contributed by atoms with Gasteiger partial charge in [-0.2, -0.15) is 0 Å². The second-order valence-corrected chi connectivity index (χ2v) is 12.4. The zero-order chi connectivity index (χ0) is 23.2. The molecule has 2 aliphatic heterocycles. The van der Waals surface area contributed by atoms with Crippen molar-refractivity contribution in [1.29, 1.82) is 0 Å². The first kappa shape index (κ1) is 23.0. The molecule has 178 valence electrons. The number of halogens is 1. The predicted molar refractivity (Wildman–Crippen MR) is 128 cm³/mol. The van der Waals surface area contributed by atoms with Crippen LogP contribution in [0.1, 0.15) is 38.7 Å². The highest BCUT2D eigenvalue weighted by atomic mass is 32.2. The third kappa shape index (κ3) is 4.48. The van der Waals surface area contributed by atoms with Crippen molar-refractivity contribution in [3.05, 3.63) is 59.9 Å². The molecule has 2 saturated heterocycles. The van der Waals surface area contributed by atoms with Crippen LogP contribution >= 0.6 is 0 Å². The normalized spacial score (nSPS) is 26.6. The Balaban J connectivity index is 1.47. The van der Waals surface area contributed by atoms with E-state index in [1.54, 1.807) is 13.8 Å². The van der Waals surface area contributed by atoms with Gasteiger partial charge in [-0.15, -0.1) is 0 Å². The van der Waals surface area contributed by atoms with Crippen LogP contribution in [-0.4, -0.2) is 56.5 Å². The molecule has 1 N–H and O–H groups in total. The van der Waals surface area contributed by atoms with Gasteiger partial charge >= 0.3 is 0 Å². The van der Waals surface area contributed by atoms with E-state index < -0.39 is 15.3 Å². The van der Waals surface area contributed by atoms with Crippen LogP contribution in [0.25, 0.3) is 11.1 Å². The monoisotopic (exact) mass is 472 g/mol. The lowest BCUT2D eigenvalue weighted by Gasteiger charge is -2.35. The zero-order valence-electron chi connectivity index (χ0n) is 19.3. The summed E-state index contributed by atoms with van der Waals surface area (Å²) in [6.45, 7) is 5.80. The van der Waals surface area contributed by atoms with Gasteiger partial charge in [0.1, 0.15) is 5.82 Å². The highest BCUT2D eigenvalue weighted by Gasteiger charge is 2.60. The number of benzene rings is 2. The van der Waals surface area contributed by atoms with Gasteiger partial charge in [0.2, 0.25) is 10.0 Å². The Morgan fingerprint density at radius 1 is 1.15 bits per heavy atom. The molecule has 0 bridgehead atoms. The number of sulfonamides is 1. The van der Waals surface area contributed by atoms with Gasteiger partial charge in [-0.25, -0.2) is 17.5 Å². The van der Waals surface area contributed by atoms with Crippen LogP contribution in [0.15, 0.2) is 48.5 Å². The highest BCUT2D eigenvalue weighted by molar-refractivity contribution is 7.90. The van der Waals surface area contributed by atoms with Crippen molar-refractivity contribution in [1.82, 2.24) is 9.62 Å². The number of nitrogens with zero attached hydrogens (tertiary/aromatic N) is 1. The molecule has 5 nitrogen and oxygen atoms in total. The third-order valence-electron chi connectivity index (χ3n) is 7.66. The van der Waals surface area contributed by atoms with Gasteiger partial charge < -0.3 is 4.74 Å². The van der Waals surface area contributed by atoms with E-state index in [0.717, 1.165) is 44.5 Å². The van der Waals surface area contributed by atoms with Gasteiger partial charge in [0, 0.05) is 42.8 Å². The van der Waals surface area contributed by atoms with E-state index in [2.05, 4.69) is 9.62 Å². The Labute approximate surface area is 196 Å². The Morgan fingerprint density at radius 3 is 2.48 bits per heavy atom. The Hall–Kier alpha value is -1.80. The molecule has 1 saturated carbocycles. The van der Waals surface area contributed by atoms with Crippen LogP contribution < -0.4 is 4.72 Å². The molecule has 1 spiro atoms. The number of ether oxygens (including phenoxy) is 1. The Bertz CT molecular complexity index is 1100. The van der Waals surface area contributed by atoms with Gasteiger partial charge in [-0.05, 0) is 50.7 Å². The van der Waals surface area contributed by atoms with Crippen LogP contribution in [0.2, 0.25) is 0 Å². The fraction of sp³-hybridized carbons (Fsp3) is 0.538. The zero-order valence-corrected chi connectivity index (χ0v) is 20.2. The van der Waals surface area contributed by atoms with Crippen LogP contribution in [0.4, 0.5) is 4.39 Å². The summed E-state index contributed by atoms with van der Waals surface area (Å²) < 4.78 is 50.2. The van der Waals surface area contributed by atoms with Crippen molar-refractivity contribution in [2.24, 2.45) is 5.41 Å². The molecule has 2 aromatic carbocycles. The van der Waals surface area contributed by atoms with Crippen LogP contribution in [0, 0.1) is 11.2 Å². The van der Waals surface area contributed by atoms with Gasteiger partial charge in [0.15, 0.2) is 0 Å². The summed E-state index contributed by atoms with van der Waals surface area (Å²) in [5.74, 6) is -0.217. The summed E-state index contributed by atoms with van der Waals surface area (Å²) in [6.07, 6.45) is 3.68. The van der Waals surface area contributed by atoms with Crippen LogP contribution in [0.3, 0.4) is 0 Å². The van der Waals surface area contributed by atoms with Gasteiger partial charge in [0.05, 0.1) is 11.4 Å². The molecule has 0 amide bonds. The van der Waals surface area contributed by atoms with E-state index in [0.29, 0.717) is 17.5 Å². The minimum Gasteiger partial charge on any atom is -0.377 e. The van der Waals surface area contributed by atoms with E-state index in [9.17, 15) is 8.42 Å². The van der Waals surface area contributed by atoms with Crippen molar-refractivity contribution in [3.63, 3.8) is 0 Å². The maximum Gasteiger partial charge on any atom is 0.214 e. The SMILES string of the molecule is CC(C)S(=O)(=O)N[C@@H]1[C@H](Cc2cccc(-c3ccccc3)c2F)N(CC2CCO2)CC12CC2. The van der Waals surface area contributed by atoms with Crippen molar-refractivity contribution in [3.8, 4) is 11.1 Å². The van der Waals surface area contributed by atoms with E-state index >= 15 is 4.39 Å². The summed E-state index contributed by atoms with van der Waals surface area (Å²) in [7, 11) is -3.44. The molecule has 3 aliphatic rings. The van der Waals surface area contributed by atoms with Gasteiger partial charge in [-0.3, -0.25) is 4.90 Å². The summed E-state index contributed by atoms with van der Waals surface area (Å²) >= 11 is 0. The highest BCUT2D eigenvalue weighted by Crippen LogP contribution is 2.55. The first-order valence-electron chi connectivity index (χ1n) is 12.0. The molecular formula is C26H33FN2O3S. The summed E-state index contributed by atoms with van der Waals surface area (Å²) in [5.41, 5.74) is 2.01. The van der Waals surface area contributed by atoms with E-state index in [-0.39, 0.29) is 29.4 Å². The molecule has 2 heterocycles. The van der Waals surface area contributed by atoms with E-state index in [1.807, 2.05) is 48.5 Å². The summed E-state index contributed by atoms with van der Waals surface area (Å²) in [6, 6.07) is 14.8. The third-order valence-corrected chi connectivity index (χ3v) is 9.48. The van der Waals surface area contributed by atoms with Crippen LogP contribution in [-0.2, 0) is 21.2 Å². The number of nitrogens with one attached hydrogen (secondary N) is 1. The van der Waals surface area contributed by atoms with Crippen molar-refractivity contribution >= 4 is 10.0 Å². The topological polar surface area (TPSA) is 58.6 Å². The molecule has 33 heavy (non-hydrogen) atoms. The first-order chi connectivity index (χ1) is 15.8. The quantitative estimate of drug-likeness (QED) is 0.631. The lowest BCUT2D eigenvalue weighted by molar-refractivity contribution is -0.0689. The number of hydrogen-bond acceptors (Lipinski definition) is 4. The van der Waals surface area contributed by atoms with Crippen LogP contribution in [0.5, 0.6) is 0 Å². The largest absolute Gasteiger partial charge is 0.377 e. The molecule has 1 unspecified atom stereocenters. The van der Waals surface area contributed by atoms with Crippen molar-refractivity contribution in [2.45, 2.75) is 63.0 Å². The number of likely N-dealkylation sites (tertiary alicyclic amines) is 1. The standard InChI is InChI=1S/C26H33FN2O3S/c1-18(2)33(30,31)28-25-23(29(16-21-11-14-32-21)17-26(25)12-13-26)15-20-9-6-10-22(24(20)27)19-7-4-3-5-8-19/h3-10,18,21,23,25,28H,11-17H2,1-2H3/t21?,23-,25+/m0/s1. The fourth-order valence-electron chi connectivity index (χ4n) is 5.33. The maximum atomic E-state index is 15.7. The Morgan fingerprint density at radius 2 is 1.88 bits per heavy atom. The molecule has 0 radical (unpaired) electrons. The Kier molecular flexibility index (Phi) is 6.10.